The van der Waals surface area contributed by atoms with Crippen LogP contribution in [0.5, 0.6) is 0 Å². The predicted octanol–water partition coefficient (Wildman–Crippen LogP) is 9.22. The molecule has 1 aliphatic heterocycles. The third-order valence-electron chi connectivity index (χ3n) is 7.73. The van der Waals surface area contributed by atoms with E-state index in [1.54, 1.807) is 18.7 Å². The lowest BCUT2D eigenvalue weighted by Gasteiger charge is -2.20. The molecule has 0 bridgehead atoms. The molecule has 1 atom stereocenters. The van der Waals surface area contributed by atoms with Crippen LogP contribution >= 0.6 is 0 Å². The van der Waals surface area contributed by atoms with Crippen LogP contribution in [0.4, 0.5) is 0 Å². The molecule has 8 rings (SSSR count). The molecular formula is C36H24N2O2. The van der Waals surface area contributed by atoms with Gasteiger partial charge in [-0.1, -0.05) is 78.9 Å². The van der Waals surface area contributed by atoms with Crippen molar-refractivity contribution in [3.63, 3.8) is 0 Å². The van der Waals surface area contributed by atoms with Crippen LogP contribution in [-0.4, -0.2) is 4.98 Å². The van der Waals surface area contributed by atoms with E-state index in [1.807, 2.05) is 12.3 Å². The third kappa shape index (κ3) is 3.65. The van der Waals surface area contributed by atoms with Gasteiger partial charge in [-0.15, -0.1) is 0 Å². The zero-order valence-corrected chi connectivity index (χ0v) is 21.5. The van der Waals surface area contributed by atoms with Crippen LogP contribution in [-0.2, 0) is 4.74 Å². The van der Waals surface area contributed by atoms with Gasteiger partial charge in [0.05, 0.1) is 6.20 Å². The molecule has 4 heteroatoms. The summed E-state index contributed by atoms with van der Waals surface area (Å²) in [6, 6.07) is 39.1. The minimum atomic E-state index is -0.185. The number of rotatable bonds is 4. The minimum absolute atomic E-state index is 0.185. The number of nitrogens with zero attached hydrogens (tertiary/aromatic N) is 1. The Hall–Kier alpha value is -5.35. The molecule has 0 amide bonds. The second-order valence-electron chi connectivity index (χ2n) is 10.1. The normalized spacial score (nSPS) is 14.6. The van der Waals surface area contributed by atoms with Gasteiger partial charge in [0.2, 0.25) is 5.89 Å². The molecule has 7 aromatic rings. The first-order valence-corrected chi connectivity index (χ1v) is 13.4. The molecule has 1 unspecified atom stereocenters. The summed E-state index contributed by atoms with van der Waals surface area (Å²) >= 11 is 0. The second kappa shape index (κ2) is 9.14. The van der Waals surface area contributed by atoms with Crippen LogP contribution < -0.4 is 5.32 Å². The average molecular weight is 517 g/mol. The van der Waals surface area contributed by atoms with Crippen LogP contribution in [0.2, 0.25) is 0 Å². The molecular weight excluding hydrogens is 492 g/mol. The molecule has 0 spiro atoms. The number of benzene rings is 6. The molecule has 0 radical (unpaired) electrons. The lowest BCUT2D eigenvalue weighted by Crippen LogP contribution is -2.11. The maximum absolute atomic E-state index is 5.78. The summed E-state index contributed by atoms with van der Waals surface area (Å²) in [5.74, 6) is 0.617. The smallest absolute Gasteiger partial charge is 0.225 e. The molecule has 190 valence electrons. The predicted molar refractivity (Wildman–Crippen MR) is 161 cm³/mol. The summed E-state index contributed by atoms with van der Waals surface area (Å²) in [6.45, 7) is 0. The van der Waals surface area contributed by atoms with Crippen LogP contribution in [0.1, 0.15) is 11.8 Å². The standard InChI is InChI=1S/C36H24N2O2/c1-2-8-24-22-32-31(21-23(24)7-1)33(25-9-5-11-27(19-25)35-37-15-17-39-35)29-13-3-4-14-30(29)34(32)26-10-6-12-28(20-26)36-38-16-18-40-36/h1-22,35,37H. The van der Waals surface area contributed by atoms with E-state index in [-0.39, 0.29) is 6.23 Å². The van der Waals surface area contributed by atoms with Crippen molar-refractivity contribution in [2.75, 3.05) is 0 Å². The van der Waals surface area contributed by atoms with Gasteiger partial charge in [0.25, 0.3) is 0 Å². The first-order valence-electron chi connectivity index (χ1n) is 13.4. The third-order valence-corrected chi connectivity index (χ3v) is 7.73. The van der Waals surface area contributed by atoms with Gasteiger partial charge >= 0.3 is 0 Å². The Kier molecular flexibility index (Phi) is 5.17. The summed E-state index contributed by atoms with van der Waals surface area (Å²) in [4.78, 5) is 4.40. The van der Waals surface area contributed by atoms with Crippen molar-refractivity contribution in [3.8, 4) is 33.7 Å². The number of ether oxygens (including phenoxy) is 1. The molecule has 0 fully saturated rings. The Morgan fingerprint density at radius 2 is 1.25 bits per heavy atom. The molecule has 4 nitrogen and oxygen atoms in total. The lowest BCUT2D eigenvalue weighted by molar-refractivity contribution is 0.155. The first-order chi connectivity index (χ1) is 19.8. The molecule has 0 saturated carbocycles. The summed E-state index contributed by atoms with van der Waals surface area (Å²) in [7, 11) is 0. The van der Waals surface area contributed by atoms with E-state index in [0.717, 1.165) is 22.3 Å². The van der Waals surface area contributed by atoms with Gasteiger partial charge in [-0.25, -0.2) is 4.98 Å². The largest absolute Gasteiger partial charge is 0.473 e. The maximum Gasteiger partial charge on any atom is 0.225 e. The van der Waals surface area contributed by atoms with Crippen LogP contribution in [0.15, 0.2) is 139 Å². The van der Waals surface area contributed by atoms with Gasteiger partial charge in [0.1, 0.15) is 12.5 Å². The fourth-order valence-electron chi connectivity index (χ4n) is 5.97. The zero-order chi connectivity index (χ0) is 26.5. The fraction of sp³-hybridized carbons (Fsp3) is 0.0278. The van der Waals surface area contributed by atoms with Crippen LogP contribution in [0.25, 0.3) is 66.0 Å². The Labute approximate surface area is 231 Å². The Bertz CT molecular complexity index is 2070. The highest BCUT2D eigenvalue weighted by Crippen LogP contribution is 2.45. The molecule has 40 heavy (non-hydrogen) atoms. The van der Waals surface area contributed by atoms with Crippen molar-refractivity contribution in [2.24, 2.45) is 0 Å². The van der Waals surface area contributed by atoms with Crippen molar-refractivity contribution in [1.29, 1.82) is 0 Å². The van der Waals surface area contributed by atoms with Gasteiger partial charge in [0, 0.05) is 17.3 Å². The zero-order valence-electron chi connectivity index (χ0n) is 21.5. The highest BCUT2D eigenvalue weighted by Gasteiger charge is 2.20. The number of fused-ring (bicyclic) bond motifs is 3. The SMILES string of the molecule is C1=COC(c2cccc(-c3c4ccccc4c(-c4cccc(-c5ncco5)c4)c4cc5ccccc5cc34)c2)N1. The number of oxazole rings is 1. The number of aromatic nitrogens is 1. The summed E-state index contributed by atoms with van der Waals surface area (Å²) < 4.78 is 11.4. The first kappa shape index (κ1) is 22.6. The van der Waals surface area contributed by atoms with Gasteiger partial charge in [-0.2, -0.15) is 0 Å². The molecule has 2 heterocycles. The van der Waals surface area contributed by atoms with Crippen LogP contribution in [0.3, 0.4) is 0 Å². The number of nitrogens with one attached hydrogen (secondary N) is 1. The molecule has 1 N–H and O–H groups in total. The quantitative estimate of drug-likeness (QED) is 0.237. The van der Waals surface area contributed by atoms with Crippen molar-refractivity contribution in [1.82, 2.24) is 10.3 Å². The van der Waals surface area contributed by atoms with E-state index in [4.69, 9.17) is 9.15 Å². The summed E-state index contributed by atoms with van der Waals surface area (Å²) in [6.07, 6.45) is 6.66. The molecule has 6 aromatic carbocycles. The Morgan fingerprint density at radius 3 is 1.90 bits per heavy atom. The molecule has 0 saturated heterocycles. The Morgan fingerprint density at radius 1 is 0.600 bits per heavy atom. The number of hydrogen-bond donors (Lipinski definition) is 1. The average Bonchev–Trinajstić information content (AvgIpc) is 3.75. The molecule has 1 aromatic heterocycles. The molecule has 0 aliphatic carbocycles. The highest BCUT2D eigenvalue weighted by atomic mass is 16.5. The van der Waals surface area contributed by atoms with Gasteiger partial charge in [-0.05, 0) is 84.9 Å². The topological polar surface area (TPSA) is 47.3 Å². The summed E-state index contributed by atoms with van der Waals surface area (Å²) in [5.41, 5.74) is 6.75. The lowest BCUT2D eigenvalue weighted by atomic mass is 9.84. The highest BCUT2D eigenvalue weighted by molar-refractivity contribution is 6.23. The van der Waals surface area contributed by atoms with E-state index >= 15 is 0 Å². The van der Waals surface area contributed by atoms with Gasteiger partial charge in [-0.3, -0.25) is 0 Å². The van der Waals surface area contributed by atoms with Crippen molar-refractivity contribution >= 4 is 32.3 Å². The van der Waals surface area contributed by atoms with Crippen LogP contribution in [0, 0.1) is 0 Å². The monoisotopic (exact) mass is 516 g/mol. The maximum atomic E-state index is 5.78. The van der Waals surface area contributed by atoms with E-state index in [2.05, 4.69) is 113 Å². The van der Waals surface area contributed by atoms with Crippen molar-refractivity contribution in [3.05, 3.63) is 140 Å². The van der Waals surface area contributed by atoms with E-state index in [0.29, 0.717) is 5.89 Å². The minimum Gasteiger partial charge on any atom is -0.473 e. The van der Waals surface area contributed by atoms with Crippen molar-refractivity contribution in [2.45, 2.75) is 6.23 Å². The van der Waals surface area contributed by atoms with E-state index in [9.17, 15) is 0 Å². The van der Waals surface area contributed by atoms with Gasteiger partial charge < -0.3 is 14.5 Å². The Balaban J connectivity index is 1.47. The second-order valence-corrected chi connectivity index (χ2v) is 10.1. The van der Waals surface area contributed by atoms with E-state index in [1.165, 1.54) is 43.4 Å². The number of hydrogen-bond acceptors (Lipinski definition) is 4. The fourth-order valence-corrected chi connectivity index (χ4v) is 5.97. The van der Waals surface area contributed by atoms with Gasteiger partial charge in [0.15, 0.2) is 6.23 Å². The molecule has 1 aliphatic rings. The summed E-state index contributed by atoms with van der Waals surface area (Å²) in [5, 5.41) is 10.5. The van der Waals surface area contributed by atoms with Crippen molar-refractivity contribution < 1.29 is 9.15 Å². The van der Waals surface area contributed by atoms with E-state index < -0.39 is 0 Å².